The quantitative estimate of drug-likeness (QED) is 0.858. The summed E-state index contributed by atoms with van der Waals surface area (Å²) in [5.74, 6) is 6.42. The van der Waals surface area contributed by atoms with Gasteiger partial charge in [-0.25, -0.2) is 4.98 Å². The number of nitriles is 1. The molecule has 4 heteroatoms. The van der Waals surface area contributed by atoms with E-state index < -0.39 is 0 Å². The molecule has 0 atom stereocenters. The molecule has 0 bridgehead atoms. The minimum atomic E-state index is 0.276. The lowest BCUT2D eigenvalue weighted by Gasteiger charge is -2.08. The monoisotopic (exact) mass is 263 g/mol. The summed E-state index contributed by atoms with van der Waals surface area (Å²) in [6.07, 6.45) is 1.59. The molecule has 0 aliphatic carbocycles. The number of hydrogen-bond acceptors (Lipinski definition) is 4. The summed E-state index contributed by atoms with van der Waals surface area (Å²) in [6.45, 7) is 0.577. The molecule has 0 amide bonds. The van der Waals surface area contributed by atoms with Gasteiger partial charge < -0.3 is 10.5 Å². The van der Waals surface area contributed by atoms with Crippen LogP contribution in [-0.4, -0.2) is 11.5 Å². The van der Waals surface area contributed by atoms with Gasteiger partial charge in [0.05, 0.1) is 12.1 Å². The van der Waals surface area contributed by atoms with Crippen LogP contribution in [0.25, 0.3) is 0 Å². The second-order valence-corrected chi connectivity index (χ2v) is 3.91. The molecular formula is C16H13N3O. The van der Waals surface area contributed by atoms with Gasteiger partial charge in [-0.15, -0.1) is 0 Å². The first-order valence-electron chi connectivity index (χ1n) is 6.10. The van der Waals surface area contributed by atoms with E-state index in [4.69, 9.17) is 15.7 Å². The molecule has 1 aromatic carbocycles. The first kappa shape index (κ1) is 13.6. The Kier molecular flexibility index (Phi) is 4.72. The van der Waals surface area contributed by atoms with Crippen molar-refractivity contribution in [3.63, 3.8) is 0 Å². The SMILES string of the molecule is N#Cc1ncccc1COc1ccccc1C#CCN. The molecule has 0 fully saturated rings. The number of aromatic nitrogens is 1. The van der Waals surface area contributed by atoms with Gasteiger partial charge in [-0.3, -0.25) is 0 Å². The van der Waals surface area contributed by atoms with Gasteiger partial charge in [-0.2, -0.15) is 5.26 Å². The fourth-order valence-corrected chi connectivity index (χ4v) is 1.65. The maximum atomic E-state index is 8.98. The molecule has 2 aromatic rings. The topological polar surface area (TPSA) is 71.9 Å². The molecule has 98 valence electrons. The average Bonchev–Trinajstić information content (AvgIpc) is 2.52. The number of nitrogens with zero attached hydrogens (tertiary/aromatic N) is 2. The van der Waals surface area contributed by atoms with Crippen molar-refractivity contribution in [1.29, 1.82) is 5.26 Å². The Morgan fingerprint density at radius 1 is 1.20 bits per heavy atom. The molecule has 2 N–H and O–H groups in total. The molecule has 0 aliphatic heterocycles. The number of pyridine rings is 1. The van der Waals surface area contributed by atoms with Crippen molar-refractivity contribution in [2.75, 3.05) is 6.54 Å². The number of nitrogens with two attached hydrogens (primary N) is 1. The Bertz CT molecular complexity index is 693. The fraction of sp³-hybridized carbons (Fsp3) is 0.125. The Balaban J connectivity index is 2.17. The Hall–Kier alpha value is -2.82. The van der Waals surface area contributed by atoms with Crippen LogP contribution in [0.4, 0.5) is 0 Å². The number of ether oxygens (including phenoxy) is 1. The minimum absolute atomic E-state index is 0.276. The van der Waals surface area contributed by atoms with Crippen LogP contribution in [0.2, 0.25) is 0 Å². The lowest BCUT2D eigenvalue weighted by Crippen LogP contribution is -2.01. The minimum Gasteiger partial charge on any atom is -0.487 e. The van der Waals surface area contributed by atoms with E-state index in [1.807, 2.05) is 36.4 Å². The zero-order valence-electron chi connectivity index (χ0n) is 10.8. The molecule has 0 radical (unpaired) electrons. The predicted molar refractivity (Wildman–Crippen MR) is 75.7 cm³/mol. The second kappa shape index (κ2) is 6.94. The lowest BCUT2D eigenvalue weighted by molar-refractivity contribution is 0.304. The van der Waals surface area contributed by atoms with E-state index in [9.17, 15) is 0 Å². The lowest BCUT2D eigenvalue weighted by atomic mass is 10.2. The van der Waals surface area contributed by atoms with Crippen LogP contribution in [0.15, 0.2) is 42.6 Å². The van der Waals surface area contributed by atoms with Crippen LogP contribution in [0, 0.1) is 23.2 Å². The highest BCUT2D eigenvalue weighted by Gasteiger charge is 2.05. The Morgan fingerprint density at radius 3 is 2.85 bits per heavy atom. The van der Waals surface area contributed by atoms with Crippen molar-refractivity contribution in [2.24, 2.45) is 5.73 Å². The van der Waals surface area contributed by atoms with Crippen LogP contribution in [-0.2, 0) is 6.61 Å². The van der Waals surface area contributed by atoms with Gasteiger partial charge >= 0.3 is 0 Å². The molecule has 0 spiro atoms. The van der Waals surface area contributed by atoms with Gasteiger partial charge in [0.25, 0.3) is 0 Å². The van der Waals surface area contributed by atoms with Gasteiger partial charge in [-0.1, -0.05) is 30.0 Å². The summed E-state index contributed by atoms with van der Waals surface area (Å²) >= 11 is 0. The second-order valence-electron chi connectivity index (χ2n) is 3.91. The largest absolute Gasteiger partial charge is 0.487 e. The maximum absolute atomic E-state index is 8.98. The molecule has 4 nitrogen and oxygen atoms in total. The number of benzene rings is 1. The van der Waals surface area contributed by atoms with Crippen molar-refractivity contribution in [3.8, 4) is 23.7 Å². The van der Waals surface area contributed by atoms with E-state index in [2.05, 4.69) is 16.8 Å². The van der Waals surface area contributed by atoms with E-state index in [-0.39, 0.29) is 6.61 Å². The molecule has 2 rings (SSSR count). The highest BCUT2D eigenvalue weighted by Crippen LogP contribution is 2.18. The number of rotatable bonds is 3. The first-order valence-corrected chi connectivity index (χ1v) is 6.10. The molecular weight excluding hydrogens is 250 g/mol. The third kappa shape index (κ3) is 3.35. The normalized spacial score (nSPS) is 9.20. The van der Waals surface area contributed by atoms with Gasteiger partial charge in [0.2, 0.25) is 0 Å². The highest BCUT2D eigenvalue weighted by molar-refractivity contribution is 5.46. The zero-order chi connectivity index (χ0) is 14.2. The van der Waals surface area contributed by atoms with Gasteiger partial charge in [-0.05, 0) is 18.2 Å². The van der Waals surface area contributed by atoms with Crippen LogP contribution >= 0.6 is 0 Å². The van der Waals surface area contributed by atoms with Crippen molar-refractivity contribution in [1.82, 2.24) is 4.98 Å². The van der Waals surface area contributed by atoms with Crippen molar-refractivity contribution < 1.29 is 4.74 Å². The summed E-state index contributed by atoms with van der Waals surface area (Å²) in [5, 5.41) is 8.98. The van der Waals surface area contributed by atoms with E-state index in [1.165, 1.54) is 0 Å². The summed E-state index contributed by atoms with van der Waals surface area (Å²) in [5.41, 5.74) is 7.27. The third-order valence-corrected chi connectivity index (χ3v) is 2.59. The molecule has 0 saturated carbocycles. The number of hydrogen-bond donors (Lipinski definition) is 1. The third-order valence-electron chi connectivity index (χ3n) is 2.59. The molecule has 0 saturated heterocycles. The smallest absolute Gasteiger partial charge is 0.147 e. The van der Waals surface area contributed by atoms with Crippen molar-refractivity contribution in [2.45, 2.75) is 6.61 Å². The van der Waals surface area contributed by atoms with Crippen LogP contribution < -0.4 is 10.5 Å². The van der Waals surface area contributed by atoms with Crippen LogP contribution in [0.3, 0.4) is 0 Å². The van der Waals surface area contributed by atoms with Gasteiger partial charge in [0.15, 0.2) is 0 Å². The molecule has 1 aromatic heterocycles. The van der Waals surface area contributed by atoms with E-state index in [0.717, 1.165) is 11.1 Å². The summed E-state index contributed by atoms with van der Waals surface area (Å²) in [6, 6.07) is 13.1. The fourth-order valence-electron chi connectivity index (χ4n) is 1.65. The molecule has 0 aliphatic rings. The highest BCUT2D eigenvalue weighted by atomic mass is 16.5. The Labute approximate surface area is 117 Å². The average molecular weight is 263 g/mol. The van der Waals surface area contributed by atoms with E-state index in [1.54, 1.807) is 12.3 Å². The summed E-state index contributed by atoms with van der Waals surface area (Å²) in [4.78, 5) is 4.00. The molecule has 1 heterocycles. The van der Waals surface area contributed by atoms with E-state index >= 15 is 0 Å². The standard InChI is InChI=1S/C16H13N3O/c17-9-3-6-13-5-1-2-8-16(13)20-12-14-7-4-10-19-15(14)11-18/h1-2,4-5,7-8,10H,9,12,17H2. The van der Waals surface area contributed by atoms with Crippen LogP contribution in [0.5, 0.6) is 5.75 Å². The van der Waals surface area contributed by atoms with E-state index in [0.29, 0.717) is 18.0 Å². The zero-order valence-corrected chi connectivity index (χ0v) is 10.8. The van der Waals surface area contributed by atoms with Gasteiger partial charge in [0, 0.05) is 11.8 Å². The maximum Gasteiger partial charge on any atom is 0.147 e. The summed E-state index contributed by atoms with van der Waals surface area (Å²) in [7, 11) is 0. The predicted octanol–water partition coefficient (Wildman–Crippen LogP) is 1.84. The number of para-hydroxylation sites is 1. The molecule has 20 heavy (non-hydrogen) atoms. The molecule has 0 unspecified atom stereocenters. The van der Waals surface area contributed by atoms with Crippen molar-refractivity contribution >= 4 is 0 Å². The Morgan fingerprint density at radius 2 is 2.05 bits per heavy atom. The van der Waals surface area contributed by atoms with Crippen molar-refractivity contribution in [3.05, 3.63) is 59.4 Å². The van der Waals surface area contributed by atoms with Gasteiger partial charge in [0.1, 0.15) is 24.1 Å². The summed E-state index contributed by atoms with van der Waals surface area (Å²) < 4.78 is 5.73. The first-order chi connectivity index (χ1) is 9.85. The van der Waals surface area contributed by atoms with Crippen LogP contribution in [0.1, 0.15) is 16.8 Å².